The Morgan fingerprint density at radius 3 is 2.44 bits per heavy atom. The van der Waals surface area contributed by atoms with Crippen molar-refractivity contribution in [3.8, 4) is 0 Å². The van der Waals surface area contributed by atoms with E-state index in [4.69, 9.17) is 21.5 Å². The summed E-state index contributed by atoms with van der Waals surface area (Å²) in [7, 11) is -4.00. The van der Waals surface area contributed by atoms with Crippen LogP contribution in [0.4, 0.5) is 0 Å². The fourth-order valence-corrected chi connectivity index (χ4v) is 3.25. The summed E-state index contributed by atoms with van der Waals surface area (Å²) in [5, 5.41) is 5.22. The van der Waals surface area contributed by atoms with E-state index < -0.39 is 21.3 Å². The highest BCUT2D eigenvalue weighted by molar-refractivity contribution is 7.83. The van der Waals surface area contributed by atoms with E-state index in [2.05, 4.69) is 0 Å². The number of hydrogen-bond donors (Lipinski definition) is 1. The Balaban J connectivity index is 2.69. The average molecular weight is 290 g/mol. The molecule has 0 bridgehead atoms. The van der Waals surface area contributed by atoms with Crippen molar-refractivity contribution < 1.29 is 17.1 Å². The fourth-order valence-electron chi connectivity index (χ4n) is 1.82. The molecule has 18 heavy (non-hydrogen) atoms. The third-order valence-electron chi connectivity index (χ3n) is 2.89. The van der Waals surface area contributed by atoms with Gasteiger partial charge < -0.3 is 4.74 Å². The summed E-state index contributed by atoms with van der Waals surface area (Å²) in [4.78, 5) is -1.24. The van der Waals surface area contributed by atoms with Gasteiger partial charge in [-0.2, -0.15) is 5.14 Å². The van der Waals surface area contributed by atoms with Crippen LogP contribution < -0.4 is 5.14 Å². The predicted octanol–water partition coefficient (Wildman–Crippen LogP) is 1.02. The van der Waals surface area contributed by atoms with E-state index in [1.165, 1.54) is 0 Å². The Hall–Kier alpha value is -1.11. The second-order valence-corrected chi connectivity index (χ2v) is 6.42. The summed E-state index contributed by atoms with van der Waals surface area (Å²) in [5.74, 6) is 0.156. The fraction of sp³-hybridized carbons (Fsp3) is 0.364. The average Bonchev–Trinajstić information content (AvgIpc) is 2.50. The van der Waals surface area contributed by atoms with E-state index >= 15 is 0 Å². The maximum atomic E-state index is 11.7. The van der Waals surface area contributed by atoms with Gasteiger partial charge in [0.15, 0.2) is 6.10 Å². The van der Waals surface area contributed by atoms with Crippen LogP contribution in [0.25, 0.3) is 0 Å². The zero-order chi connectivity index (χ0) is 13.6. The second-order valence-electron chi connectivity index (χ2n) is 4.26. The smallest absolute Gasteiger partial charge is 0.431 e. The lowest BCUT2D eigenvalue weighted by Gasteiger charge is -2.13. The molecule has 1 aromatic carbocycles. The Morgan fingerprint density at radius 1 is 1.39 bits per heavy atom. The van der Waals surface area contributed by atoms with Crippen molar-refractivity contribution in [1.29, 1.82) is 0 Å². The van der Waals surface area contributed by atoms with Crippen LogP contribution in [0.1, 0.15) is 19.4 Å². The lowest BCUT2D eigenvalue weighted by molar-refractivity contribution is -0.423. The number of hydrogen-bond acceptors (Lipinski definition) is 3. The Kier molecular flexibility index (Phi) is 3.12. The largest absolute Gasteiger partial charge is 0.442 e. The molecule has 2 atom stereocenters. The Morgan fingerprint density at radius 2 is 1.94 bits per heavy atom. The molecule has 5 nitrogen and oxygen atoms in total. The molecule has 0 aromatic heterocycles. The van der Waals surface area contributed by atoms with Crippen molar-refractivity contribution in [2.24, 2.45) is 5.14 Å². The minimum absolute atomic E-state index is 0.156. The predicted molar refractivity (Wildman–Crippen MR) is 68.7 cm³/mol. The summed E-state index contributed by atoms with van der Waals surface area (Å²) in [6, 6.07) is 8.85. The summed E-state index contributed by atoms with van der Waals surface area (Å²) in [6.45, 7) is 3.25. The van der Waals surface area contributed by atoms with Crippen molar-refractivity contribution in [3.63, 3.8) is 0 Å². The molecule has 0 amide bonds. The van der Waals surface area contributed by atoms with Gasteiger partial charge in [-0.3, -0.25) is 0 Å². The number of alkyl halides is 1. The van der Waals surface area contributed by atoms with Gasteiger partial charge in [0, 0.05) is 6.92 Å². The van der Waals surface area contributed by atoms with Gasteiger partial charge in [-0.05, 0) is 34.6 Å². The molecule has 98 valence electrons. The summed E-state index contributed by atoms with van der Waals surface area (Å²) in [6.07, 6.45) is -0.507. The number of nitrogens with zero attached hydrogens (tertiary/aromatic N) is 1. The molecular formula is C11H14ClN2O3S+. The lowest BCUT2D eigenvalue weighted by Crippen LogP contribution is -2.44. The first-order valence-electron chi connectivity index (χ1n) is 5.35. The number of halogens is 1. The first-order chi connectivity index (χ1) is 8.24. The van der Waals surface area contributed by atoms with Crippen LogP contribution >= 0.6 is 11.6 Å². The van der Waals surface area contributed by atoms with E-state index in [9.17, 15) is 8.42 Å². The van der Waals surface area contributed by atoms with E-state index in [1.54, 1.807) is 38.1 Å². The van der Waals surface area contributed by atoms with Crippen LogP contribution in [0, 0.1) is 0 Å². The summed E-state index contributed by atoms with van der Waals surface area (Å²) < 4.78 is 29.9. The molecule has 0 aliphatic carbocycles. The van der Waals surface area contributed by atoms with Crippen molar-refractivity contribution in [3.05, 3.63) is 35.9 Å². The molecule has 1 heterocycles. The quantitative estimate of drug-likeness (QED) is 0.502. The molecule has 0 unspecified atom stereocenters. The third-order valence-corrected chi connectivity index (χ3v) is 4.52. The Labute approximate surface area is 111 Å². The first kappa shape index (κ1) is 13.3. The van der Waals surface area contributed by atoms with Crippen molar-refractivity contribution in [1.82, 2.24) is 0 Å². The van der Waals surface area contributed by atoms with Crippen LogP contribution in [0.15, 0.2) is 30.3 Å². The molecule has 0 fully saturated rings. The zero-order valence-electron chi connectivity index (χ0n) is 10.00. The van der Waals surface area contributed by atoms with Crippen LogP contribution in [0.2, 0.25) is 0 Å². The van der Waals surface area contributed by atoms with Gasteiger partial charge >= 0.3 is 16.1 Å². The van der Waals surface area contributed by atoms with E-state index in [-0.39, 0.29) is 5.90 Å². The first-order valence-corrected chi connectivity index (χ1v) is 7.24. The standard InChI is InChI=1S/C11H14ClN2O3S/c1-8-11(2,12)14(18(13,15)16)10(17-8)9-6-4-3-5-7-9/h3-8H,1-2H3,(H2,13,15,16)/q+1/t8-,11-/m1/s1. The van der Waals surface area contributed by atoms with Crippen molar-refractivity contribution in [2.45, 2.75) is 24.9 Å². The summed E-state index contributed by atoms with van der Waals surface area (Å²) in [5.41, 5.74) is 0.614. The van der Waals surface area contributed by atoms with Crippen LogP contribution in [-0.4, -0.2) is 29.4 Å². The normalized spacial score (nSPS) is 28.3. The van der Waals surface area contributed by atoms with Gasteiger partial charge in [0.25, 0.3) is 5.00 Å². The second kappa shape index (κ2) is 4.22. The molecule has 1 aromatic rings. The van der Waals surface area contributed by atoms with Crippen LogP contribution in [0.5, 0.6) is 0 Å². The SMILES string of the molecule is C[C@H]1OC(c2ccccc2)=[N+](S(N)(=O)=O)[C@@]1(C)Cl. The molecule has 2 N–H and O–H groups in total. The molecule has 7 heteroatoms. The maximum Gasteiger partial charge on any atom is 0.442 e. The molecule has 0 spiro atoms. The van der Waals surface area contributed by atoms with Crippen LogP contribution in [0.3, 0.4) is 0 Å². The van der Waals surface area contributed by atoms with E-state index in [1.807, 2.05) is 6.07 Å². The monoisotopic (exact) mass is 289 g/mol. The van der Waals surface area contributed by atoms with Gasteiger partial charge in [0.1, 0.15) is 0 Å². The minimum Gasteiger partial charge on any atom is -0.431 e. The number of benzene rings is 1. The molecule has 2 rings (SSSR count). The summed E-state index contributed by atoms with van der Waals surface area (Å²) >= 11 is 6.23. The van der Waals surface area contributed by atoms with Gasteiger partial charge in [-0.1, -0.05) is 18.2 Å². The topological polar surface area (TPSA) is 72.4 Å². The van der Waals surface area contributed by atoms with Crippen LogP contribution in [-0.2, 0) is 14.9 Å². The maximum absolute atomic E-state index is 11.7. The van der Waals surface area contributed by atoms with Gasteiger partial charge in [0.05, 0.1) is 5.56 Å². The molecular weight excluding hydrogens is 276 g/mol. The molecule has 0 saturated carbocycles. The number of nitrogens with two attached hydrogens (primary N) is 1. The van der Waals surface area contributed by atoms with Gasteiger partial charge in [-0.15, -0.1) is 8.42 Å². The lowest BCUT2D eigenvalue weighted by atomic mass is 10.2. The number of rotatable bonds is 2. The third kappa shape index (κ3) is 2.11. The molecule has 0 radical (unpaired) electrons. The molecule has 1 aliphatic rings. The van der Waals surface area contributed by atoms with Crippen molar-refractivity contribution in [2.75, 3.05) is 0 Å². The highest BCUT2D eigenvalue weighted by Gasteiger charge is 2.56. The molecule has 1 aliphatic heterocycles. The highest BCUT2D eigenvalue weighted by atomic mass is 35.5. The van der Waals surface area contributed by atoms with E-state index in [0.717, 1.165) is 3.98 Å². The van der Waals surface area contributed by atoms with Gasteiger partial charge in [-0.25, -0.2) is 0 Å². The minimum atomic E-state index is -4.00. The van der Waals surface area contributed by atoms with Gasteiger partial charge in [0.2, 0.25) is 0 Å². The van der Waals surface area contributed by atoms with E-state index in [0.29, 0.717) is 5.56 Å². The zero-order valence-corrected chi connectivity index (χ0v) is 11.6. The number of ether oxygens (including phenoxy) is 1. The molecule has 0 saturated heterocycles. The van der Waals surface area contributed by atoms with Crippen molar-refractivity contribution >= 4 is 27.7 Å². The Bertz CT molecular complexity index is 596. The highest BCUT2D eigenvalue weighted by Crippen LogP contribution is 2.32.